The van der Waals surface area contributed by atoms with Crippen molar-refractivity contribution in [2.45, 2.75) is 65.3 Å². The number of aromatic nitrogens is 1. The molecule has 1 aliphatic rings. The van der Waals surface area contributed by atoms with Gasteiger partial charge in [-0.3, -0.25) is 4.57 Å². The number of halogens is 1. The first-order chi connectivity index (χ1) is 11.8. The molecule has 0 amide bonds. The number of benzene rings is 1. The van der Waals surface area contributed by atoms with Crippen molar-refractivity contribution in [3.05, 3.63) is 30.2 Å². The van der Waals surface area contributed by atoms with Crippen LogP contribution >= 0.6 is 0 Å². The molecule has 0 unspecified atom stereocenters. The summed E-state index contributed by atoms with van der Waals surface area (Å²) < 4.78 is 33.4. The maximum absolute atomic E-state index is 14.8. The molecule has 0 radical (unpaired) electrons. The summed E-state index contributed by atoms with van der Waals surface area (Å²) in [6, 6.07) is 4.72. The van der Waals surface area contributed by atoms with E-state index in [-0.39, 0.29) is 0 Å². The highest BCUT2D eigenvalue weighted by Gasteiger charge is 2.52. The summed E-state index contributed by atoms with van der Waals surface area (Å²) in [6.45, 7) is 13.0. The summed E-state index contributed by atoms with van der Waals surface area (Å²) in [5, 5.41) is 0.710. The van der Waals surface area contributed by atoms with Crippen LogP contribution in [0.25, 0.3) is 10.9 Å². The smallest absolute Gasteiger partial charge is 0.443 e. The van der Waals surface area contributed by atoms with E-state index in [2.05, 4.69) is 0 Å². The van der Waals surface area contributed by atoms with Gasteiger partial charge in [0.1, 0.15) is 11.4 Å². The third-order valence-corrected chi connectivity index (χ3v) is 4.91. The van der Waals surface area contributed by atoms with Gasteiger partial charge in [0, 0.05) is 17.0 Å². The van der Waals surface area contributed by atoms with Crippen LogP contribution in [0, 0.1) is 5.82 Å². The highest BCUT2D eigenvalue weighted by Crippen LogP contribution is 2.37. The number of nitrogens with zero attached hydrogens (tertiary/aromatic N) is 1. The lowest BCUT2D eigenvalue weighted by molar-refractivity contribution is 0.00578. The molecule has 26 heavy (non-hydrogen) atoms. The van der Waals surface area contributed by atoms with Crippen LogP contribution in [0.3, 0.4) is 0 Å². The molecule has 0 atom stereocenters. The van der Waals surface area contributed by atoms with Crippen LogP contribution in [-0.4, -0.2) is 34.6 Å². The van der Waals surface area contributed by atoms with Crippen LogP contribution in [0.15, 0.2) is 24.4 Å². The molecule has 7 heteroatoms. The molecule has 0 aliphatic carbocycles. The summed E-state index contributed by atoms with van der Waals surface area (Å²) in [4.78, 5) is 12.3. The van der Waals surface area contributed by atoms with Crippen LogP contribution in [0.2, 0.25) is 0 Å². The number of ether oxygens (including phenoxy) is 1. The first-order valence-electron chi connectivity index (χ1n) is 8.70. The van der Waals surface area contributed by atoms with E-state index >= 15 is 0 Å². The van der Waals surface area contributed by atoms with E-state index < -0.39 is 35.8 Å². The Balaban J connectivity index is 1.97. The highest BCUT2D eigenvalue weighted by molar-refractivity contribution is 6.62. The molecule has 1 fully saturated rings. The Morgan fingerprint density at radius 2 is 1.73 bits per heavy atom. The average molecular weight is 361 g/mol. The normalized spacial score (nSPS) is 19.2. The number of fused-ring (bicyclic) bond motifs is 1. The zero-order valence-electron chi connectivity index (χ0n) is 16.3. The van der Waals surface area contributed by atoms with E-state index in [0.29, 0.717) is 16.4 Å². The summed E-state index contributed by atoms with van der Waals surface area (Å²) in [6.07, 6.45) is 1.03. The lowest BCUT2D eigenvalue weighted by Gasteiger charge is -2.32. The van der Waals surface area contributed by atoms with Gasteiger partial charge in [-0.15, -0.1) is 0 Å². The van der Waals surface area contributed by atoms with Crippen LogP contribution in [0.1, 0.15) is 48.5 Å². The van der Waals surface area contributed by atoms with Crippen molar-refractivity contribution >= 4 is 29.6 Å². The number of carbonyl (C=O) groups excluding carboxylic acids is 1. The lowest BCUT2D eigenvalue weighted by Crippen LogP contribution is -2.41. The third-order valence-electron chi connectivity index (χ3n) is 4.91. The van der Waals surface area contributed by atoms with Gasteiger partial charge >= 0.3 is 13.2 Å². The standard InChI is InChI=1S/C19H25BFNO4/c1-17(2,3)24-16(23)22-9-8-12-10-13(14(21)11-15(12)22)20-25-18(4,5)19(6,7)26-20/h8-11H,1-7H3. The second-order valence-electron chi connectivity index (χ2n) is 8.69. The van der Waals surface area contributed by atoms with E-state index in [0.717, 1.165) is 0 Å². The van der Waals surface area contributed by atoms with Gasteiger partial charge in [0.05, 0.1) is 16.7 Å². The SMILES string of the molecule is CC(C)(C)OC(=O)n1ccc2cc(B3OC(C)(C)C(C)(C)O3)c(F)cc21. The van der Waals surface area contributed by atoms with E-state index in [4.69, 9.17) is 14.0 Å². The number of rotatable bonds is 1. The molecule has 2 aromatic rings. The van der Waals surface area contributed by atoms with Gasteiger partial charge in [0.25, 0.3) is 0 Å². The monoisotopic (exact) mass is 361 g/mol. The summed E-state index contributed by atoms with van der Waals surface area (Å²) in [7, 11) is -0.797. The van der Waals surface area contributed by atoms with Crippen molar-refractivity contribution in [1.82, 2.24) is 4.57 Å². The Morgan fingerprint density at radius 3 is 2.27 bits per heavy atom. The minimum Gasteiger partial charge on any atom is -0.443 e. The van der Waals surface area contributed by atoms with Crippen LogP contribution in [0.4, 0.5) is 9.18 Å². The predicted octanol–water partition coefficient (Wildman–Crippen LogP) is 3.86. The Kier molecular flexibility index (Phi) is 4.24. The molecule has 0 saturated carbocycles. The molecule has 0 bridgehead atoms. The Hall–Kier alpha value is -1.86. The molecule has 1 aromatic heterocycles. The van der Waals surface area contributed by atoms with Gasteiger partial charge in [-0.2, -0.15) is 0 Å². The molecule has 1 aliphatic heterocycles. The van der Waals surface area contributed by atoms with Gasteiger partial charge in [-0.25, -0.2) is 9.18 Å². The van der Waals surface area contributed by atoms with Crippen molar-refractivity contribution in [2.75, 3.05) is 0 Å². The summed E-state index contributed by atoms with van der Waals surface area (Å²) in [5.74, 6) is -0.487. The molecular weight excluding hydrogens is 336 g/mol. The van der Waals surface area contributed by atoms with Gasteiger partial charge in [-0.05, 0) is 60.6 Å². The first kappa shape index (κ1) is 18.9. The number of carbonyl (C=O) groups is 1. The van der Waals surface area contributed by atoms with E-state index in [1.807, 2.05) is 27.7 Å². The Morgan fingerprint density at radius 1 is 1.15 bits per heavy atom. The Bertz CT molecular complexity index is 850. The minimum absolute atomic E-state index is 0.318. The zero-order chi connectivity index (χ0) is 19.5. The van der Waals surface area contributed by atoms with Crippen molar-refractivity contribution in [1.29, 1.82) is 0 Å². The quantitative estimate of drug-likeness (QED) is 0.724. The number of hydrogen-bond acceptors (Lipinski definition) is 4. The average Bonchev–Trinajstić information content (AvgIpc) is 2.94. The molecular formula is C19H25BFNO4. The minimum atomic E-state index is -0.797. The molecule has 2 heterocycles. The highest BCUT2D eigenvalue weighted by atomic mass is 19.1. The van der Waals surface area contributed by atoms with E-state index in [9.17, 15) is 9.18 Å². The molecule has 5 nitrogen and oxygen atoms in total. The number of hydrogen-bond donors (Lipinski definition) is 0. The molecule has 1 saturated heterocycles. The molecule has 140 valence electrons. The molecule has 0 spiro atoms. The van der Waals surface area contributed by atoms with Gasteiger partial charge < -0.3 is 14.0 Å². The lowest BCUT2D eigenvalue weighted by atomic mass is 9.78. The fourth-order valence-electron chi connectivity index (χ4n) is 2.80. The molecule has 1 aromatic carbocycles. The topological polar surface area (TPSA) is 49.7 Å². The van der Waals surface area contributed by atoms with Crippen LogP contribution in [-0.2, 0) is 14.0 Å². The van der Waals surface area contributed by atoms with Crippen molar-refractivity contribution in [3.8, 4) is 0 Å². The van der Waals surface area contributed by atoms with Gasteiger partial charge in [0.15, 0.2) is 0 Å². The zero-order valence-corrected chi connectivity index (χ0v) is 16.3. The van der Waals surface area contributed by atoms with Gasteiger partial charge in [0.2, 0.25) is 0 Å². The van der Waals surface area contributed by atoms with Crippen molar-refractivity contribution in [2.24, 2.45) is 0 Å². The Labute approximate surface area is 153 Å². The van der Waals surface area contributed by atoms with E-state index in [1.54, 1.807) is 39.1 Å². The fourth-order valence-corrected chi connectivity index (χ4v) is 2.80. The van der Waals surface area contributed by atoms with E-state index in [1.165, 1.54) is 10.6 Å². The van der Waals surface area contributed by atoms with Crippen LogP contribution in [0.5, 0.6) is 0 Å². The fraction of sp³-hybridized carbons (Fsp3) is 0.526. The second kappa shape index (κ2) is 5.82. The maximum atomic E-state index is 14.8. The van der Waals surface area contributed by atoms with Crippen LogP contribution < -0.4 is 5.46 Å². The van der Waals surface area contributed by atoms with Crippen molar-refractivity contribution in [3.63, 3.8) is 0 Å². The predicted molar refractivity (Wildman–Crippen MR) is 99.2 cm³/mol. The summed E-state index contributed by atoms with van der Waals surface area (Å²) >= 11 is 0. The first-order valence-corrected chi connectivity index (χ1v) is 8.70. The second-order valence-corrected chi connectivity index (χ2v) is 8.69. The maximum Gasteiger partial charge on any atom is 0.497 e. The summed E-state index contributed by atoms with van der Waals surface area (Å²) in [5.41, 5.74) is -0.979. The molecule has 0 N–H and O–H groups in total. The van der Waals surface area contributed by atoms with Gasteiger partial charge in [-0.1, -0.05) is 6.07 Å². The third kappa shape index (κ3) is 3.26. The van der Waals surface area contributed by atoms with Crippen molar-refractivity contribution < 1.29 is 23.2 Å². The largest absolute Gasteiger partial charge is 0.497 e. The molecule has 3 rings (SSSR count).